The smallest absolute Gasteiger partial charge is 0.146 e. The molecular formula is C27H16N2O. The van der Waals surface area contributed by atoms with Crippen LogP contribution < -0.4 is 0 Å². The Morgan fingerprint density at radius 3 is 2.13 bits per heavy atom. The average molecular weight is 384 g/mol. The number of benzene rings is 5. The van der Waals surface area contributed by atoms with E-state index in [1.54, 1.807) is 6.07 Å². The zero-order valence-electron chi connectivity index (χ0n) is 16.0. The minimum atomic E-state index is 0.277. The summed E-state index contributed by atoms with van der Waals surface area (Å²) in [6.45, 7) is 0. The van der Waals surface area contributed by atoms with Crippen LogP contribution in [0.2, 0.25) is 0 Å². The van der Waals surface area contributed by atoms with Crippen LogP contribution in [0.1, 0.15) is 0 Å². The molecule has 5 aromatic carbocycles. The van der Waals surface area contributed by atoms with E-state index in [9.17, 15) is 5.11 Å². The predicted octanol–water partition coefficient (Wildman–Crippen LogP) is 6.81. The van der Waals surface area contributed by atoms with E-state index in [0.717, 1.165) is 49.1 Å². The fraction of sp³-hybridized carbons (Fsp3) is 0. The first-order valence-corrected chi connectivity index (χ1v) is 10.1. The lowest BCUT2D eigenvalue weighted by molar-refractivity contribution is 0.476. The number of pyridine rings is 1. The average Bonchev–Trinajstić information content (AvgIpc) is 3.18. The summed E-state index contributed by atoms with van der Waals surface area (Å²) < 4.78 is 2.29. The summed E-state index contributed by atoms with van der Waals surface area (Å²) >= 11 is 0. The van der Waals surface area contributed by atoms with Gasteiger partial charge in [-0.15, -0.1) is 0 Å². The van der Waals surface area contributed by atoms with Crippen LogP contribution in [0.4, 0.5) is 0 Å². The van der Waals surface area contributed by atoms with Crippen molar-refractivity contribution in [1.82, 2.24) is 9.38 Å². The van der Waals surface area contributed by atoms with Crippen molar-refractivity contribution < 1.29 is 5.11 Å². The number of imidazole rings is 1. The third-order valence-electron chi connectivity index (χ3n) is 6.20. The number of fused-ring (bicyclic) bond motifs is 13. The van der Waals surface area contributed by atoms with E-state index < -0.39 is 0 Å². The van der Waals surface area contributed by atoms with Gasteiger partial charge in [0.2, 0.25) is 0 Å². The van der Waals surface area contributed by atoms with Crippen molar-refractivity contribution in [3.8, 4) is 5.75 Å². The summed E-state index contributed by atoms with van der Waals surface area (Å²) in [7, 11) is 0. The number of aromatic hydroxyl groups is 1. The molecule has 1 N–H and O–H groups in total. The number of aromatic nitrogens is 2. The number of nitrogens with zero attached hydrogens (tertiary/aromatic N) is 2. The Labute approximate surface area is 171 Å². The van der Waals surface area contributed by atoms with E-state index in [2.05, 4.69) is 71.1 Å². The summed E-state index contributed by atoms with van der Waals surface area (Å²) in [4.78, 5) is 5.01. The molecule has 0 bridgehead atoms. The molecule has 2 heterocycles. The number of para-hydroxylation sites is 2. The lowest BCUT2D eigenvalue weighted by Gasteiger charge is -2.15. The molecule has 0 amide bonds. The molecule has 0 saturated carbocycles. The van der Waals surface area contributed by atoms with Crippen LogP contribution in [-0.2, 0) is 0 Å². The minimum absolute atomic E-state index is 0.277. The summed E-state index contributed by atoms with van der Waals surface area (Å²) in [6.07, 6.45) is 0. The molecule has 3 heteroatoms. The highest BCUT2D eigenvalue weighted by molar-refractivity contribution is 6.32. The van der Waals surface area contributed by atoms with E-state index in [1.165, 1.54) is 10.8 Å². The predicted molar refractivity (Wildman–Crippen MR) is 124 cm³/mol. The largest absolute Gasteiger partial charge is 0.508 e. The van der Waals surface area contributed by atoms with E-state index in [1.807, 2.05) is 18.2 Å². The lowest BCUT2D eigenvalue weighted by Crippen LogP contribution is -1.94. The Morgan fingerprint density at radius 1 is 0.600 bits per heavy atom. The van der Waals surface area contributed by atoms with Gasteiger partial charge in [0.05, 0.1) is 16.6 Å². The molecule has 7 rings (SSSR count). The highest BCUT2D eigenvalue weighted by Gasteiger charge is 2.18. The van der Waals surface area contributed by atoms with Crippen LogP contribution in [0, 0.1) is 0 Å². The fourth-order valence-corrected chi connectivity index (χ4v) is 4.99. The zero-order chi connectivity index (χ0) is 19.8. The third kappa shape index (κ3) is 1.87. The minimum Gasteiger partial charge on any atom is -0.508 e. The third-order valence-corrected chi connectivity index (χ3v) is 6.20. The molecule has 7 aromatic rings. The molecule has 0 unspecified atom stereocenters. The second kappa shape index (κ2) is 5.49. The first kappa shape index (κ1) is 15.8. The molecule has 2 aromatic heterocycles. The van der Waals surface area contributed by atoms with E-state index in [-0.39, 0.29) is 5.75 Å². The van der Waals surface area contributed by atoms with Gasteiger partial charge < -0.3 is 5.11 Å². The Kier molecular flexibility index (Phi) is 2.88. The van der Waals surface area contributed by atoms with Gasteiger partial charge in [0, 0.05) is 16.2 Å². The van der Waals surface area contributed by atoms with Crippen LogP contribution in [0.5, 0.6) is 5.75 Å². The number of hydrogen-bond acceptors (Lipinski definition) is 2. The van der Waals surface area contributed by atoms with Crippen molar-refractivity contribution >= 4 is 59.9 Å². The standard InChI is InChI=1S/C27H16N2O/c30-16-13-14-18-17-7-1-3-9-20(17)26-25(22(18)15-16)19-8-2-4-10-21(19)27-28-23-11-5-6-12-24(23)29(26)27/h1-15,30H. The van der Waals surface area contributed by atoms with Gasteiger partial charge in [0.1, 0.15) is 11.4 Å². The van der Waals surface area contributed by atoms with Gasteiger partial charge in [-0.1, -0.05) is 66.7 Å². The number of phenolic OH excluding ortho intramolecular Hbond substituents is 1. The SMILES string of the molecule is Oc1ccc2c3ccccc3c3c(c2c1)c1ccccc1c1nc2ccccc2n13. The first-order chi connectivity index (χ1) is 14.8. The van der Waals surface area contributed by atoms with Crippen molar-refractivity contribution in [2.45, 2.75) is 0 Å². The Morgan fingerprint density at radius 2 is 1.27 bits per heavy atom. The van der Waals surface area contributed by atoms with Gasteiger partial charge in [0.25, 0.3) is 0 Å². The molecule has 30 heavy (non-hydrogen) atoms. The van der Waals surface area contributed by atoms with E-state index >= 15 is 0 Å². The van der Waals surface area contributed by atoms with E-state index in [4.69, 9.17) is 4.98 Å². The maximum absolute atomic E-state index is 10.4. The van der Waals surface area contributed by atoms with Crippen molar-refractivity contribution in [2.24, 2.45) is 0 Å². The quantitative estimate of drug-likeness (QED) is 0.292. The molecule has 0 radical (unpaired) electrons. The van der Waals surface area contributed by atoms with Crippen molar-refractivity contribution in [2.75, 3.05) is 0 Å². The van der Waals surface area contributed by atoms with Gasteiger partial charge in [-0.05, 0) is 45.8 Å². The Balaban J connectivity index is 1.99. The molecule has 0 fully saturated rings. The van der Waals surface area contributed by atoms with Crippen molar-refractivity contribution in [3.05, 3.63) is 91.0 Å². The van der Waals surface area contributed by atoms with Crippen molar-refractivity contribution in [3.63, 3.8) is 0 Å². The second-order valence-corrected chi connectivity index (χ2v) is 7.80. The van der Waals surface area contributed by atoms with Gasteiger partial charge in [-0.2, -0.15) is 0 Å². The van der Waals surface area contributed by atoms with Crippen molar-refractivity contribution in [1.29, 1.82) is 0 Å². The monoisotopic (exact) mass is 384 g/mol. The molecule has 0 saturated heterocycles. The van der Waals surface area contributed by atoms with Crippen LogP contribution in [0.25, 0.3) is 59.9 Å². The Hall–Kier alpha value is -4.11. The van der Waals surface area contributed by atoms with Gasteiger partial charge in [0.15, 0.2) is 0 Å². The second-order valence-electron chi connectivity index (χ2n) is 7.80. The zero-order valence-corrected chi connectivity index (χ0v) is 16.0. The van der Waals surface area contributed by atoms with Crippen LogP contribution in [-0.4, -0.2) is 14.5 Å². The lowest BCUT2D eigenvalue weighted by atomic mass is 9.93. The molecule has 0 aliphatic carbocycles. The summed E-state index contributed by atoms with van der Waals surface area (Å²) in [5, 5.41) is 18.3. The Bertz CT molecular complexity index is 1810. The molecule has 0 aliphatic heterocycles. The summed E-state index contributed by atoms with van der Waals surface area (Å²) in [5.74, 6) is 0.277. The highest BCUT2D eigenvalue weighted by Crippen LogP contribution is 2.42. The normalized spacial score (nSPS) is 12.1. The van der Waals surface area contributed by atoms with Crippen LogP contribution >= 0.6 is 0 Å². The number of hydrogen-bond donors (Lipinski definition) is 1. The topological polar surface area (TPSA) is 37.5 Å². The molecule has 0 aliphatic rings. The molecule has 0 atom stereocenters. The summed E-state index contributed by atoms with van der Waals surface area (Å²) in [6, 6.07) is 30.9. The highest BCUT2D eigenvalue weighted by atomic mass is 16.3. The summed E-state index contributed by atoms with van der Waals surface area (Å²) in [5.41, 5.74) is 4.17. The maximum Gasteiger partial charge on any atom is 0.146 e. The van der Waals surface area contributed by atoms with Gasteiger partial charge in [-0.3, -0.25) is 4.40 Å². The van der Waals surface area contributed by atoms with Gasteiger partial charge in [-0.25, -0.2) is 4.98 Å². The molecule has 3 nitrogen and oxygen atoms in total. The fourth-order valence-electron chi connectivity index (χ4n) is 4.99. The van der Waals surface area contributed by atoms with Crippen LogP contribution in [0.15, 0.2) is 91.0 Å². The molecular weight excluding hydrogens is 368 g/mol. The van der Waals surface area contributed by atoms with Gasteiger partial charge >= 0.3 is 0 Å². The number of rotatable bonds is 0. The molecule has 140 valence electrons. The van der Waals surface area contributed by atoms with Crippen LogP contribution in [0.3, 0.4) is 0 Å². The molecule has 0 spiro atoms. The first-order valence-electron chi connectivity index (χ1n) is 10.1. The van der Waals surface area contributed by atoms with E-state index in [0.29, 0.717) is 0 Å². The number of phenols is 1. The maximum atomic E-state index is 10.4.